The third-order valence-corrected chi connectivity index (χ3v) is 6.00. The number of H-pyrrole nitrogens is 1. The van der Waals surface area contributed by atoms with Crippen LogP contribution < -0.4 is 0 Å². The second-order valence-electron chi connectivity index (χ2n) is 8.09. The van der Waals surface area contributed by atoms with Crippen LogP contribution in [0.1, 0.15) is 36.0 Å². The van der Waals surface area contributed by atoms with Crippen LogP contribution in [-0.2, 0) is 19.6 Å². The predicted octanol–water partition coefficient (Wildman–Crippen LogP) is 1.20. The Morgan fingerprint density at radius 2 is 1.77 bits per heavy atom. The molecule has 164 valence electrons. The molecule has 4 bridgehead atoms. The molecular weight excluding hydrogens is 412 g/mol. The van der Waals surface area contributed by atoms with Gasteiger partial charge in [-0.25, -0.2) is 4.79 Å². The van der Waals surface area contributed by atoms with Crippen LogP contribution >= 0.6 is 0 Å². The van der Waals surface area contributed by atoms with Crippen LogP contribution in [0.15, 0.2) is 30.5 Å². The Morgan fingerprint density at radius 3 is 2.37 bits per heavy atom. The van der Waals surface area contributed by atoms with Gasteiger partial charge in [-0.15, -0.1) is 0 Å². The van der Waals surface area contributed by atoms with Crippen molar-refractivity contribution < 1.29 is 32.8 Å². The molecule has 0 amide bonds. The third kappa shape index (κ3) is 4.72. The Labute approximate surface area is 174 Å². The quantitative estimate of drug-likeness (QED) is 0.528. The van der Waals surface area contributed by atoms with E-state index in [1.54, 1.807) is 6.20 Å². The van der Waals surface area contributed by atoms with E-state index in [-0.39, 0.29) is 23.5 Å². The van der Waals surface area contributed by atoms with E-state index in [4.69, 9.17) is 9.29 Å². The average Bonchev–Trinajstić information content (AvgIpc) is 3.04. The second-order valence-corrected chi connectivity index (χ2v) is 9.56. The standard InChI is InChI=1S/C19H20N2O3.CH4O3S.H2O/c22-18-10-21-12-5-11(18)6-13(21)8-14(7-12)24-19(23)16-9-20-17-4-2-1-3-15(16)17;1-5(2,3)4;/h1-4,9,11-14,20H,5-8,10H2;1H3,(H,2,3,4);1H2/t11?,12-,13?,14?;;/m0../s1. The number of carbonyl (C=O) groups is 2. The summed E-state index contributed by atoms with van der Waals surface area (Å²) in [5, 5.41) is 0.909. The normalized spacial score (nSPS) is 29.5. The number of piperidine rings is 4. The number of para-hydroxylation sites is 1. The van der Waals surface area contributed by atoms with Crippen molar-refractivity contribution in [3.63, 3.8) is 0 Å². The highest BCUT2D eigenvalue weighted by Gasteiger charge is 2.49. The molecule has 4 aliphatic rings. The van der Waals surface area contributed by atoms with E-state index in [1.807, 2.05) is 24.3 Å². The summed E-state index contributed by atoms with van der Waals surface area (Å²) in [7, 11) is -3.67. The summed E-state index contributed by atoms with van der Waals surface area (Å²) in [5.41, 5.74) is 1.56. The lowest BCUT2D eigenvalue weighted by Crippen LogP contribution is -2.63. The van der Waals surface area contributed by atoms with Gasteiger partial charge in [-0.3, -0.25) is 14.2 Å². The number of fused-ring (bicyclic) bond motifs is 2. The van der Waals surface area contributed by atoms with E-state index in [9.17, 15) is 18.0 Å². The zero-order chi connectivity index (χ0) is 20.8. The number of aromatic nitrogens is 1. The highest BCUT2D eigenvalue weighted by molar-refractivity contribution is 7.85. The van der Waals surface area contributed by atoms with Gasteiger partial charge in [-0.1, -0.05) is 18.2 Å². The van der Waals surface area contributed by atoms with Gasteiger partial charge < -0.3 is 15.2 Å². The number of hydrogen-bond donors (Lipinski definition) is 2. The van der Waals surface area contributed by atoms with Gasteiger partial charge in [-0.05, 0) is 18.9 Å². The smallest absolute Gasteiger partial charge is 0.340 e. The first-order valence-corrected chi connectivity index (χ1v) is 11.5. The minimum Gasteiger partial charge on any atom is -0.459 e. The monoisotopic (exact) mass is 438 g/mol. The number of carbonyl (C=O) groups excluding carboxylic acids is 2. The molecule has 6 rings (SSSR count). The summed E-state index contributed by atoms with van der Waals surface area (Å²) >= 11 is 0. The zero-order valence-electron chi connectivity index (χ0n) is 16.6. The van der Waals surface area contributed by atoms with Gasteiger partial charge in [0.05, 0.1) is 18.4 Å². The van der Waals surface area contributed by atoms with Crippen LogP contribution in [0.2, 0.25) is 0 Å². The molecule has 0 radical (unpaired) electrons. The summed E-state index contributed by atoms with van der Waals surface area (Å²) in [4.78, 5) is 30.0. The lowest BCUT2D eigenvalue weighted by atomic mass is 9.72. The summed E-state index contributed by atoms with van der Waals surface area (Å²) in [6, 6.07) is 8.58. The molecule has 4 saturated heterocycles. The largest absolute Gasteiger partial charge is 0.459 e. The van der Waals surface area contributed by atoms with Gasteiger partial charge in [0, 0.05) is 47.9 Å². The fraction of sp³-hybridized carbons (Fsp3) is 0.500. The van der Waals surface area contributed by atoms with Gasteiger partial charge in [0.1, 0.15) is 11.9 Å². The van der Waals surface area contributed by atoms with Crippen molar-refractivity contribution in [1.29, 1.82) is 0 Å². The number of nitrogens with zero attached hydrogens (tertiary/aromatic N) is 1. The lowest BCUT2D eigenvalue weighted by molar-refractivity contribution is -0.145. The Balaban J connectivity index is 0.000000386. The van der Waals surface area contributed by atoms with Gasteiger partial charge in [0.25, 0.3) is 10.1 Å². The van der Waals surface area contributed by atoms with Crippen molar-refractivity contribution in [2.24, 2.45) is 5.92 Å². The Hall–Kier alpha value is -2.27. The van der Waals surface area contributed by atoms with Crippen molar-refractivity contribution in [3.05, 3.63) is 36.0 Å². The van der Waals surface area contributed by atoms with Crippen LogP contribution in [0.5, 0.6) is 0 Å². The van der Waals surface area contributed by atoms with E-state index < -0.39 is 10.1 Å². The number of benzene rings is 1. The summed E-state index contributed by atoms with van der Waals surface area (Å²) in [5.74, 6) is 0.403. The minimum absolute atomic E-state index is 0. The molecule has 0 saturated carbocycles. The number of rotatable bonds is 2. The first-order valence-electron chi connectivity index (χ1n) is 9.67. The average molecular weight is 439 g/mol. The van der Waals surface area contributed by atoms with Gasteiger partial charge in [0.2, 0.25) is 0 Å². The topological polar surface area (TPSA) is 148 Å². The molecular formula is C20H26N2O7S. The summed E-state index contributed by atoms with van der Waals surface area (Å²) in [6.07, 6.45) is 6.01. The SMILES string of the molecule is CS(=O)(=O)O.O.O=C(OC1CC2CC3C[C@@H](C1)N2CC3=O)c1c[nH]c2ccccc12. The molecule has 5 atom stereocenters. The first-order chi connectivity index (χ1) is 13.7. The van der Waals surface area contributed by atoms with Crippen LogP contribution in [-0.4, -0.2) is 71.1 Å². The fourth-order valence-corrected chi connectivity index (χ4v) is 4.87. The number of Topliss-reactive ketones (excluding diaryl/α,β-unsaturated/α-hetero) is 1. The molecule has 1 aromatic heterocycles. The van der Waals surface area contributed by atoms with E-state index in [2.05, 4.69) is 9.88 Å². The number of ketones is 1. The number of ether oxygens (including phenoxy) is 1. The molecule has 10 heteroatoms. The molecule has 5 heterocycles. The maximum Gasteiger partial charge on any atom is 0.340 e. The van der Waals surface area contributed by atoms with Gasteiger partial charge in [-0.2, -0.15) is 8.42 Å². The van der Waals surface area contributed by atoms with Crippen LogP contribution in [0.25, 0.3) is 10.9 Å². The summed E-state index contributed by atoms with van der Waals surface area (Å²) in [6.45, 7) is 0.600. The van der Waals surface area contributed by atoms with Crippen molar-refractivity contribution in [1.82, 2.24) is 9.88 Å². The Bertz CT molecular complexity index is 1020. The molecule has 2 aromatic rings. The molecule has 0 spiro atoms. The van der Waals surface area contributed by atoms with Crippen LogP contribution in [0, 0.1) is 5.92 Å². The van der Waals surface area contributed by atoms with Crippen molar-refractivity contribution in [3.8, 4) is 0 Å². The molecule has 9 nitrogen and oxygen atoms in total. The number of nitrogens with one attached hydrogen (secondary N) is 1. The van der Waals surface area contributed by atoms with Crippen molar-refractivity contribution >= 4 is 32.8 Å². The second kappa shape index (κ2) is 8.46. The van der Waals surface area contributed by atoms with Crippen molar-refractivity contribution in [2.45, 2.75) is 43.9 Å². The van der Waals surface area contributed by atoms with E-state index in [1.165, 1.54) is 0 Å². The Morgan fingerprint density at radius 1 is 1.17 bits per heavy atom. The van der Waals surface area contributed by atoms with Crippen molar-refractivity contribution in [2.75, 3.05) is 12.8 Å². The molecule has 4 aliphatic heterocycles. The number of aromatic amines is 1. The van der Waals surface area contributed by atoms with E-state index in [0.717, 1.165) is 36.6 Å². The maximum atomic E-state index is 12.6. The van der Waals surface area contributed by atoms with E-state index >= 15 is 0 Å². The highest BCUT2D eigenvalue weighted by atomic mass is 32.2. The molecule has 4 unspecified atom stereocenters. The molecule has 4 N–H and O–H groups in total. The highest BCUT2D eigenvalue weighted by Crippen LogP contribution is 2.42. The maximum absolute atomic E-state index is 12.6. The fourth-order valence-electron chi connectivity index (χ4n) is 4.87. The Kier molecular flexibility index (Phi) is 6.32. The molecule has 0 aliphatic carbocycles. The van der Waals surface area contributed by atoms with Gasteiger partial charge in [0.15, 0.2) is 0 Å². The zero-order valence-corrected chi connectivity index (χ0v) is 17.4. The number of esters is 1. The van der Waals surface area contributed by atoms with Gasteiger partial charge >= 0.3 is 5.97 Å². The molecule has 1 aromatic carbocycles. The third-order valence-electron chi connectivity index (χ3n) is 6.00. The number of hydrogen-bond acceptors (Lipinski definition) is 6. The van der Waals surface area contributed by atoms with Crippen LogP contribution in [0.4, 0.5) is 0 Å². The predicted molar refractivity (Wildman–Crippen MR) is 110 cm³/mol. The molecule has 30 heavy (non-hydrogen) atoms. The summed E-state index contributed by atoms with van der Waals surface area (Å²) < 4.78 is 31.7. The first kappa shape index (κ1) is 22.4. The van der Waals surface area contributed by atoms with E-state index in [0.29, 0.717) is 36.2 Å². The van der Waals surface area contributed by atoms with Crippen LogP contribution in [0.3, 0.4) is 0 Å². The molecule has 4 fully saturated rings. The minimum atomic E-state index is -3.67. The lowest BCUT2D eigenvalue weighted by Gasteiger charge is -2.54.